The standard InChI is InChI=1S/C13H16N4O/c1-2-10-12(14-5-1)16-17-11(3-6-15-13(10)17)9-4-7-18-8-9/h1-2,5,9,11,15H,3-4,6-8H2. The van der Waals surface area contributed by atoms with Crippen molar-refractivity contribution in [3.63, 3.8) is 0 Å². The minimum absolute atomic E-state index is 0.456. The summed E-state index contributed by atoms with van der Waals surface area (Å²) in [7, 11) is 0. The fourth-order valence-electron chi connectivity index (χ4n) is 3.11. The molecule has 0 spiro atoms. The predicted octanol–water partition coefficient (Wildman–Crippen LogP) is 1.82. The maximum Gasteiger partial charge on any atom is 0.183 e. The van der Waals surface area contributed by atoms with Crippen molar-refractivity contribution in [2.45, 2.75) is 18.9 Å². The Hall–Kier alpha value is -1.62. The van der Waals surface area contributed by atoms with E-state index in [0.29, 0.717) is 12.0 Å². The van der Waals surface area contributed by atoms with Gasteiger partial charge in [0.15, 0.2) is 5.65 Å². The number of fused-ring (bicyclic) bond motifs is 3. The molecule has 0 saturated carbocycles. The molecule has 5 heteroatoms. The summed E-state index contributed by atoms with van der Waals surface area (Å²) in [6.45, 7) is 2.77. The van der Waals surface area contributed by atoms with Crippen molar-refractivity contribution in [3.05, 3.63) is 18.3 Å². The molecule has 2 aliphatic rings. The van der Waals surface area contributed by atoms with Crippen molar-refractivity contribution >= 4 is 16.9 Å². The number of hydrogen-bond donors (Lipinski definition) is 1. The molecule has 94 valence electrons. The molecule has 4 heterocycles. The first-order valence-electron chi connectivity index (χ1n) is 6.58. The minimum atomic E-state index is 0.456. The summed E-state index contributed by atoms with van der Waals surface area (Å²) >= 11 is 0. The fraction of sp³-hybridized carbons (Fsp3) is 0.538. The molecule has 18 heavy (non-hydrogen) atoms. The number of pyridine rings is 1. The van der Waals surface area contributed by atoms with E-state index in [0.717, 1.165) is 49.5 Å². The lowest BCUT2D eigenvalue weighted by molar-refractivity contribution is 0.167. The molecule has 0 amide bonds. The number of nitrogens with zero attached hydrogens (tertiary/aromatic N) is 3. The first-order valence-corrected chi connectivity index (χ1v) is 6.58. The Kier molecular flexibility index (Phi) is 2.26. The summed E-state index contributed by atoms with van der Waals surface area (Å²) in [4.78, 5) is 4.34. The SMILES string of the molecule is c1cnc2nn3c(c2c1)NCCC3C1CCOC1. The van der Waals surface area contributed by atoms with Crippen LogP contribution in [0.5, 0.6) is 0 Å². The average Bonchev–Trinajstić information content (AvgIpc) is 3.05. The molecule has 0 aromatic carbocycles. The van der Waals surface area contributed by atoms with Gasteiger partial charge in [-0.05, 0) is 25.0 Å². The molecule has 4 rings (SSSR count). The van der Waals surface area contributed by atoms with Crippen LogP contribution in [0.25, 0.3) is 11.0 Å². The van der Waals surface area contributed by atoms with Crippen LogP contribution >= 0.6 is 0 Å². The van der Waals surface area contributed by atoms with Crippen LogP contribution in [0.3, 0.4) is 0 Å². The Morgan fingerprint density at radius 1 is 1.39 bits per heavy atom. The highest BCUT2D eigenvalue weighted by atomic mass is 16.5. The van der Waals surface area contributed by atoms with Gasteiger partial charge in [-0.3, -0.25) is 0 Å². The van der Waals surface area contributed by atoms with E-state index in [1.165, 1.54) is 0 Å². The second-order valence-corrected chi connectivity index (χ2v) is 5.07. The Balaban J connectivity index is 1.83. The normalized spacial score (nSPS) is 27.1. The zero-order chi connectivity index (χ0) is 11.9. The van der Waals surface area contributed by atoms with Crippen molar-refractivity contribution in [1.29, 1.82) is 0 Å². The lowest BCUT2D eigenvalue weighted by Gasteiger charge is -2.29. The number of nitrogens with one attached hydrogen (secondary N) is 1. The van der Waals surface area contributed by atoms with Crippen LogP contribution in [0.15, 0.2) is 18.3 Å². The van der Waals surface area contributed by atoms with Gasteiger partial charge in [0.25, 0.3) is 0 Å². The van der Waals surface area contributed by atoms with E-state index in [1.54, 1.807) is 6.20 Å². The van der Waals surface area contributed by atoms with Gasteiger partial charge in [-0.2, -0.15) is 5.10 Å². The highest BCUT2D eigenvalue weighted by molar-refractivity contribution is 5.87. The first-order chi connectivity index (χ1) is 8.93. The Morgan fingerprint density at radius 2 is 2.39 bits per heavy atom. The molecular weight excluding hydrogens is 228 g/mol. The summed E-state index contributed by atoms with van der Waals surface area (Å²) in [6, 6.07) is 4.51. The Labute approximate surface area is 105 Å². The summed E-state index contributed by atoms with van der Waals surface area (Å²) in [6.07, 6.45) is 4.07. The molecule has 2 aromatic rings. The van der Waals surface area contributed by atoms with Crippen molar-refractivity contribution in [1.82, 2.24) is 14.8 Å². The largest absolute Gasteiger partial charge is 0.381 e. The Bertz CT molecular complexity index is 573. The van der Waals surface area contributed by atoms with E-state index in [4.69, 9.17) is 4.74 Å². The smallest absolute Gasteiger partial charge is 0.183 e. The second-order valence-electron chi connectivity index (χ2n) is 5.07. The van der Waals surface area contributed by atoms with Gasteiger partial charge in [-0.15, -0.1) is 0 Å². The lowest BCUT2D eigenvalue weighted by Crippen LogP contribution is -2.29. The highest BCUT2D eigenvalue weighted by Gasteiger charge is 2.32. The van der Waals surface area contributed by atoms with Gasteiger partial charge in [0.05, 0.1) is 18.0 Å². The highest BCUT2D eigenvalue weighted by Crippen LogP contribution is 2.36. The Morgan fingerprint density at radius 3 is 3.28 bits per heavy atom. The van der Waals surface area contributed by atoms with E-state index < -0.39 is 0 Å². The van der Waals surface area contributed by atoms with Crippen LogP contribution in [0.1, 0.15) is 18.9 Å². The van der Waals surface area contributed by atoms with Gasteiger partial charge in [-0.25, -0.2) is 9.67 Å². The molecule has 1 saturated heterocycles. The number of hydrogen-bond acceptors (Lipinski definition) is 4. The third-order valence-electron chi connectivity index (χ3n) is 4.03. The molecular formula is C13H16N4O. The van der Waals surface area contributed by atoms with Crippen LogP contribution in [0, 0.1) is 5.92 Å². The topological polar surface area (TPSA) is 52.0 Å². The molecule has 5 nitrogen and oxygen atoms in total. The van der Waals surface area contributed by atoms with Crippen molar-refractivity contribution in [2.24, 2.45) is 5.92 Å². The van der Waals surface area contributed by atoms with E-state index >= 15 is 0 Å². The molecule has 2 aromatic heterocycles. The first kappa shape index (κ1) is 10.3. The zero-order valence-electron chi connectivity index (χ0n) is 10.2. The van der Waals surface area contributed by atoms with Gasteiger partial charge < -0.3 is 10.1 Å². The quantitative estimate of drug-likeness (QED) is 0.831. The summed E-state index contributed by atoms with van der Waals surface area (Å²) in [5.41, 5.74) is 0.839. The van der Waals surface area contributed by atoms with Crippen LogP contribution in [0.4, 0.5) is 5.82 Å². The third-order valence-corrected chi connectivity index (χ3v) is 4.03. The minimum Gasteiger partial charge on any atom is -0.381 e. The van der Waals surface area contributed by atoms with Gasteiger partial charge in [0.1, 0.15) is 5.82 Å². The lowest BCUT2D eigenvalue weighted by atomic mass is 9.95. The molecule has 0 bridgehead atoms. The maximum absolute atomic E-state index is 5.52. The van der Waals surface area contributed by atoms with Crippen molar-refractivity contribution in [2.75, 3.05) is 25.1 Å². The van der Waals surface area contributed by atoms with Crippen LogP contribution < -0.4 is 5.32 Å². The molecule has 2 atom stereocenters. The van der Waals surface area contributed by atoms with Gasteiger partial charge in [0.2, 0.25) is 0 Å². The number of anilines is 1. The van der Waals surface area contributed by atoms with E-state index in [2.05, 4.69) is 26.1 Å². The average molecular weight is 244 g/mol. The molecule has 1 N–H and O–H groups in total. The molecule has 1 fully saturated rings. The van der Waals surface area contributed by atoms with Gasteiger partial charge in [0, 0.05) is 25.3 Å². The van der Waals surface area contributed by atoms with Crippen molar-refractivity contribution in [3.8, 4) is 0 Å². The molecule has 0 radical (unpaired) electrons. The van der Waals surface area contributed by atoms with Crippen LogP contribution in [-0.2, 0) is 4.74 Å². The number of ether oxygens (including phenoxy) is 1. The molecule has 2 aliphatic heterocycles. The second kappa shape index (κ2) is 3.95. The van der Waals surface area contributed by atoms with Crippen molar-refractivity contribution < 1.29 is 4.74 Å². The molecule has 2 unspecified atom stereocenters. The van der Waals surface area contributed by atoms with E-state index in [1.807, 2.05) is 6.07 Å². The monoisotopic (exact) mass is 244 g/mol. The number of rotatable bonds is 1. The predicted molar refractivity (Wildman–Crippen MR) is 68.6 cm³/mol. The summed E-state index contributed by atoms with van der Waals surface area (Å²) in [5, 5.41) is 9.25. The third kappa shape index (κ3) is 1.43. The number of aromatic nitrogens is 3. The van der Waals surface area contributed by atoms with Crippen LogP contribution in [0.2, 0.25) is 0 Å². The fourth-order valence-corrected chi connectivity index (χ4v) is 3.11. The van der Waals surface area contributed by atoms with E-state index in [-0.39, 0.29) is 0 Å². The van der Waals surface area contributed by atoms with Gasteiger partial charge in [-0.1, -0.05) is 0 Å². The zero-order valence-corrected chi connectivity index (χ0v) is 10.2. The maximum atomic E-state index is 5.52. The summed E-state index contributed by atoms with van der Waals surface area (Å²) < 4.78 is 7.66. The van der Waals surface area contributed by atoms with E-state index in [9.17, 15) is 0 Å². The molecule has 0 aliphatic carbocycles. The summed E-state index contributed by atoms with van der Waals surface area (Å²) in [5.74, 6) is 1.72. The van der Waals surface area contributed by atoms with Gasteiger partial charge >= 0.3 is 0 Å². The van der Waals surface area contributed by atoms with Crippen LogP contribution in [-0.4, -0.2) is 34.5 Å².